The van der Waals surface area contributed by atoms with E-state index in [1.165, 1.54) is 0 Å². The third-order valence-electron chi connectivity index (χ3n) is 3.08. The van der Waals surface area contributed by atoms with Gasteiger partial charge in [0, 0.05) is 13.0 Å². The molecule has 0 aliphatic rings. The molecule has 2 rings (SSSR count). The number of amides is 2. The number of hydrogen-bond acceptors (Lipinski definition) is 5. The molecule has 2 N–H and O–H groups in total. The van der Waals surface area contributed by atoms with E-state index >= 15 is 0 Å². The number of nitrogens with one attached hydrogen (secondary N) is 2. The van der Waals surface area contributed by atoms with Gasteiger partial charge in [0.25, 0.3) is 0 Å². The Labute approximate surface area is 146 Å². The van der Waals surface area contributed by atoms with Gasteiger partial charge in [-0.2, -0.15) is 0 Å². The van der Waals surface area contributed by atoms with E-state index in [0.29, 0.717) is 12.5 Å². The van der Waals surface area contributed by atoms with Crippen molar-refractivity contribution < 1.29 is 14.3 Å². The number of benzene rings is 1. The highest BCUT2D eigenvalue weighted by Gasteiger charge is 2.16. The lowest BCUT2D eigenvalue weighted by Gasteiger charge is -2.19. The molecule has 0 saturated heterocycles. The van der Waals surface area contributed by atoms with Crippen LogP contribution in [0.1, 0.15) is 32.8 Å². The zero-order valence-corrected chi connectivity index (χ0v) is 14.7. The summed E-state index contributed by atoms with van der Waals surface area (Å²) in [5.41, 5.74) is 0.504. The summed E-state index contributed by atoms with van der Waals surface area (Å²) >= 11 is 0. The lowest BCUT2D eigenvalue weighted by Crippen LogP contribution is -2.34. The van der Waals surface area contributed by atoms with Crippen molar-refractivity contribution in [1.29, 1.82) is 0 Å². The minimum atomic E-state index is -0.569. The Hall–Kier alpha value is -2.90. The number of alkyl carbamates (subject to hydrolysis) is 1. The van der Waals surface area contributed by atoms with Crippen molar-refractivity contribution in [2.24, 2.45) is 0 Å². The lowest BCUT2D eigenvalue weighted by atomic mass is 10.2. The van der Waals surface area contributed by atoms with E-state index in [4.69, 9.17) is 4.74 Å². The van der Waals surface area contributed by atoms with E-state index in [1.54, 1.807) is 31.7 Å². The third kappa shape index (κ3) is 6.62. The first-order chi connectivity index (χ1) is 11.8. The highest BCUT2D eigenvalue weighted by atomic mass is 16.6. The molecule has 1 aromatic heterocycles. The van der Waals surface area contributed by atoms with Crippen molar-refractivity contribution in [3.8, 4) is 0 Å². The van der Waals surface area contributed by atoms with Gasteiger partial charge in [0.2, 0.25) is 11.9 Å². The Morgan fingerprint density at radius 3 is 2.60 bits per heavy atom. The molecular formula is C17H23N5O3. The van der Waals surface area contributed by atoms with Gasteiger partial charge in [0.05, 0.1) is 6.54 Å². The van der Waals surface area contributed by atoms with Crippen molar-refractivity contribution in [3.05, 3.63) is 42.2 Å². The molecule has 0 aliphatic carbocycles. The van der Waals surface area contributed by atoms with Crippen LogP contribution in [-0.2, 0) is 16.1 Å². The summed E-state index contributed by atoms with van der Waals surface area (Å²) in [5.74, 6) is 0.101. The van der Waals surface area contributed by atoms with Gasteiger partial charge in [-0.25, -0.2) is 4.79 Å². The first-order valence-electron chi connectivity index (χ1n) is 8.02. The fourth-order valence-corrected chi connectivity index (χ4v) is 2.03. The highest BCUT2D eigenvalue weighted by Crippen LogP contribution is 2.08. The summed E-state index contributed by atoms with van der Waals surface area (Å²) in [6, 6.07) is 9.79. The lowest BCUT2D eigenvalue weighted by molar-refractivity contribution is -0.116. The van der Waals surface area contributed by atoms with Crippen molar-refractivity contribution in [2.75, 3.05) is 11.9 Å². The zero-order chi connectivity index (χ0) is 18.3. The van der Waals surface area contributed by atoms with Crippen LogP contribution in [0.15, 0.2) is 36.7 Å². The van der Waals surface area contributed by atoms with Crippen molar-refractivity contribution >= 4 is 17.9 Å². The normalized spacial score (nSPS) is 11.0. The van der Waals surface area contributed by atoms with Crippen LogP contribution in [0.4, 0.5) is 10.7 Å². The quantitative estimate of drug-likeness (QED) is 0.836. The summed E-state index contributed by atoms with van der Waals surface area (Å²) < 4.78 is 6.85. The molecule has 8 nitrogen and oxygen atoms in total. The van der Waals surface area contributed by atoms with Crippen LogP contribution >= 0.6 is 0 Å². The molecule has 0 spiro atoms. The Morgan fingerprint density at radius 2 is 1.92 bits per heavy atom. The number of anilines is 1. The van der Waals surface area contributed by atoms with E-state index in [2.05, 4.69) is 20.8 Å². The van der Waals surface area contributed by atoms with E-state index in [0.717, 1.165) is 5.56 Å². The van der Waals surface area contributed by atoms with Gasteiger partial charge in [-0.3, -0.25) is 14.7 Å². The summed E-state index contributed by atoms with van der Waals surface area (Å²) in [6.07, 6.45) is 1.12. The van der Waals surface area contributed by atoms with Crippen molar-refractivity contribution in [1.82, 2.24) is 20.1 Å². The summed E-state index contributed by atoms with van der Waals surface area (Å²) in [4.78, 5) is 23.5. The average Bonchev–Trinajstić information content (AvgIpc) is 2.93. The Balaban J connectivity index is 1.80. The molecule has 1 aromatic carbocycles. The Kier molecular flexibility index (Phi) is 6.10. The maximum Gasteiger partial charge on any atom is 0.407 e. The number of nitrogens with zero attached hydrogens (tertiary/aromatic N) is 3. The second-order valence-corrected chi connectivity index (χ2v) is 6.49. The number of aromatic nitrogens is 3. The van der Waals surface area contributed by atoms with E-state index in [-0.39, 0.29) is 18.9 Å². The fraction of sp³-hybridized carbons (Fsp3) is 0.412. The van der Waals surface area contributed by atoms with Gasteiger partial charge in [-0.05, 0) is 26.3 Å². The minimum Gasteiger partial charge on any atom is -0.444 e. The molecule has 0 saturated carbocycles. The van der Waals surface area contributed by atoms with Gasteiger partial charge in [-0.15, -0.1) is 10.2 Å². The van der Waals surface area contributed by atoms with Gasteiger partial charge >= 0.3 is 6.09 Å². The van der Waals surface area contributed by atoms with Crippen molar-refractivity contribution in [2.45, 2.75) is 39.3 Å². The minimum absolute atomic E-state index is 0.109. The van der Waals surface area contributed by atoms with Gasteiger partial charge in [0.1, 0.15) is 11.9 Å². The molecular weight excluding hydrogens is 322 g/mol. The first kappa shape index (κ1) is 18.4. The molecule has 0 atom stereocenters. The summed E-state index contributed by atoms with van der Waals surface area (Å²) in [7, 11) is 0. The fourth-order valence-electron chi connectivity index (χ4n) is 2.03. The molecule has 8 heteroatoms. The number of hydrogen-bond donors (Lipinski definition) is 2. The molecule has 25 heavy (non-hydrogen) atoms. The first-order valence-corrected chi connectivity index (χ1v) is 8.02. The molecule has 1 heterocycles. The maximum absolute atomic E-state index is 12.0. The number of carbonyl (C=O) groups excluding carboxylic acids is 2. The SMILES string of the molecule is CC(C)(C)OC(=O)NCCC(=O)Nc1nncn1Cc1ccccc1. The van der Waals surface area contributed by atoms with Gasteiger partial charge in [-0.1, -0.05) is 30.3 Å². The standard InChI is InChI=1S/C17H23N5O3/c1-17(2,3)25-16(24)18-10-9-14(23)20-15-21-19-12-22(15)11-13-7-5-4-6-8-13/h4-8,12H,9-11H2,1-3H3,(H,18,24)(H,20,21,23). The Bertz CT molecular complexity index is 707. The van der Waals surface area contributed by atoms with E-state index in [9.17, 15) is 9.59 Å². The summed E-state index contributed by atoms with van der Waals surface area (Å²) in [6.45, 7) is 6.06. The largest absolute Gasteiger partial charge is 0.444 e. The zero-order valence-electron chi connectivity index (χ0n) is 14.7. The maximum atomic E-state index is 12.0. The van der Waals surface area contributed by atoms with Crippen molar-refractivity contribution in [3.63, 3.8) is 0 Å². The predicted molar refractivity (Wildman–Crippen MR) is 93.0 cm³/mol. The Morgan fingerprint density at radius 1 is 1.20 bits per heavy atom. The molecule has 0 unspecified atom stereocenters. The molecule has 134 valence electrons. The summed E-state index contributed by atoms with van der Waals surface area (Å²) in [5, 5.41) is 13.0. The van der Waals surface area contributed by atoms with Crippen LogP contribution < -0.4 is 10.6 Å². The van der Waals surface area contributed by atoms with E-state index < -0.39 is 11.7 Å². The molecule has 0 radical (unpaired) electrons. The molecule has 2 aromatic rings. The van der Waals surface area contributed by atoms with Gasteiger partial charge < -0.3 is 10.1 Å². The molecule has 0 bridgehead atoms. The molecule has 2 amide bonds. The second kappa shape index (κ2) is 8.27. The smallest absolute Gasteiger partial charge is 0.407 e. The van der Waals surface area contributed by atoms with Crippen LogP contribution in [0.5, 0.6) is 0 Å². The van der Waals surface area contributed by atoms with Crippen LogP contribution in [-0.4, -0.2) is 38.9 Å². The number of rotatable bonds is 6. The van der Waals surface area contributed by atoms with Crippen LogP contribution in [0.25, 0.3) is 0 Å². The number of carbonyl (C=O) groups is 2. The van der Waals surface area contributed by atoms with Gasteiger partial charge in [0.15, 0.2) is 0 Å². The average molecular weight is 345 g/mol. The monoisotopic (exact) mass is 345 g/mol. The second-order valence-electron chi connectivity index (χ2n) is 6.49. The highest BCUT2D eigenvalue weighted by molar-refractivity contribution is 5.89. The predicted octanol–water partition coefficient (Wildman–Crippen LogP) is 2.18. The van der Waals surface area contributed by atoms with Crippen LogP contribution in [0, 0.1) is 0 Å². The van der Waals surface area contributed by atoms with E-state index in [1.807, 2.05) is 30.3 Å². The molecule has 0 fully saturated rings. The molecule has 0 aliphatic heterocycles. The topological polar surface area (TPSA) is 98.1 Å². The third-order valence-corrected chi connectivity index (χ3v) is 3.08. The van der Waals surface area contributed by atoms with Crippen LogP contribution in [0.3, 0.4) is 0 Å². The number of ether oxygens (including phenoxy) is 1. The van der Waals surface area contributed by atoms with Crippen LogP contribution in [0.2, 0.25) is 0 Å².